The first-order valence-corrected chi connectivity index (χ1v) is 7.70. The van der Waals surface area contributed by atoms with Crippen LogP contribution in [0.5, 0.6) is 11.5 Å². The predicted molar refractivity (Wildman–Crippen MR) is 81.3 cm³/mol. The number of benzene rings is 1. The number of phenolic OH excluding ortho intramolecular Hbond substituents is 2. The van der Waals surface area contributed by atoms with Crippen LogP contribution in [0.3, 0.4) is 0 Å². The summed E-state index contributed by atoms with van der Waals surface area (Å²) in [6.07, 6.45) is 10.0. The Hall–Kier alpha value is -1.51. The summed E-state index contributed by atoms with van der Waals surface area (Å²) in [5, 5.41) is 18.8. The summed E-state index contributed by atoms with van der Waals surface area (Å²) in [4.78, 5) is 11.9. The summed E-state index contributed by atoms with van der Waals surface area (Å²) in [5.74, 6) is -0.200. The smallest absolute Gasteiger partial charge is 0.166 e. The first-order chi connectivity index (χ1) is 9.65. The number of Topliss-reactive ketones (excluding diaryl/α,β-unsaturated/α-hetero) is 1. The van der Waals surface area contributed by atoms with Crippen molar-refractivity contribution in [3.05, 3.63) is 23.8 Å². The van der Waals surface area contributed by atoms with E-state index in [1.165, 1.54) is 56.7 Å². The van der Waals surface area contributed by atoms with Crippen LogP contribution >= 0.6 is 0 Å². The van der Waals surface area contributed by atoms with Gasteiger partial charge in [0.2, 0.25) is 0 Å². The fraction of sp³-hybridized carbons (Fsp3) is 0.588. The van der Waals surface area contributed by atoms with Crippen molar-refractivity contribution in [3.63, 3.8) is 0 Å². The summed E-state index contributed by atoms with van der Waals surface area (Å²) in [7, 11) is 0. The third kappa shape index (κ3) is 6.09. The molecule has 1 aromatic carbocycles. The maximum absolute atomic E-state index is 11.9. The summed E-state index contributed by atoms with van der Waals surface area (Å²) >= 11 is 0. The van der Waals surface area contributed by atoms with Crippen molar-refractivity contribution >= 4 is 5.78 Å². The highest BCUT2D eigenvalue weighted by Gasteiger charge is 2.11. The minimum Gasteiger partial charge on any atom is -0.508 e. The van der Waals surface area contributed by atoms with Crippen LogP contribution in [0.15, 0.2) is 18.2 Å². The first kappa shape index (κ1) is 16.5. The Morgan fingerprint density at radius 3 is 2.15 bits per heavy atom. The van der Waals surface area contributed by atoms with Gasteiger partial charge >= 0.3 is 0 Å². The molecule has 0 bridgehead atoms. The third-order valence-corrected chi connectivity index (χ3v) is 3.54. The standard InChI is InChI=1S/C17H26O3/c1-2-3-4-5-6-7-8-9-10-16(19)15-12-11-14(18)13-17(15)20/h11-13,18,20H,2-10H2,1H3. The molecule has 0 amide bonds. The molecule has 0 saturated carbocycles. The van der Waals surface area contributed by atoms with Crippen LogP contribution in [0.25, 0.3) is 0 Å². The van der Waals surface area contributed by atoms with Crippen LogP contribution in [-0.4, -0.2) is 16.0 Å². The van der Waals surface area contributed by atoms with Crippen molar-refractivity contribution < 1.29 is 15.0 Å². The van der Waals surface area contributed by atoms with Gasteiger partial charge in [-0.05, 0) is 18.6 Å². The highest BCUT2D eigenvalue weighted by Crippen LogP contribution is 2.24. The summed E-state index contributed by atoms with van der Waals surface area (Å²) < 4.78 is 0. The molecule has 0 heterocycles. The summed E-state index contributed by atoms with van der Waals surface area (Å²) in [6.45, 7) is 2.21. The number of hydrogen-bond acceptors (Lipinski definition) is 3. The van der Waals surface area contributed by atoms with Crippen molar-refractivity contribution in [2.75, 3.05) is 0 Å². The van der Waals surface area contributed by atoms with Gasteiger partial charge in [-0.2, -0.15) is 0 Å². The number of phenols is 2. The Morgan fingerprint density at radius 1 is 0.950 bits per heavy atom. The van der Waals surface area contributed by atoms with E-state index in [1.807, 2.05) is 0 Å². The molecule has 112 valence electrons. The Morgan fingerprint density at radius 2 is 1.55 bits per heavy atom. The molecule has 0 radical (unpaired) electrons. The van der Waals surface area contributed by atoms with Crippen LogP contribution in [0.1, 0.15) is 75.1 Å². The van der Waals surface area contributed by atoms with Crippen LogP contribution in [0, 0.1) is 0 Å². The zero-order valence-electron chi connectivity index (χ0n) is 12.4. The number of hydrogen-bond donors (Lipinski definition) is 2. The monoisotopic (exact) mass is 278 g/mol. The minimum absolute atomic E-state index is 0.0221. The van der Waals surface area contributed by atoms with Crippen LogP contribution < -0.4 is 0 Å². The number of rotatable bonds is 10. The molecule has 0 saturated heterocycles. The highest BCUT2D eigenvalue weighted by atomic mass is 16.3. The topological polar surface area (TPSA) is 57.5 Å². The predicted octanol–water partition coefficient (Wildman–Crippen LogP) is 4.81. The van der Waals surface area contributed by atoms with Gasteiger partial charge in [-0.1, -0.05) is 51.9 Å². The Kier molecular flexibility index (Phi) is 7.78. The van der Waals surface area contributed by atoms with Gasteiger partial charge in [-0.3, -0.25) is 4.79 Å². The first-order valence-electron chi connectivity index (χ1n) is 7.70. The van der Waals surface area contributed by atoms with E-state index in [1.54, 1.807) is 0 Å². The molecule has 3 nitrogen and oxygen atoms in total. The fourth-order valence-corrected chi connectivity index (χ4v) is 2.31. The van der Waals surface area contributed by atoms with E-state index in [4.69, 9.17) is 0 Å². The molecule has 0 aliphatic carbocycles. The number of unbranched alkanes of at least 4 members (excludes halogenated alkanes) is 7. The molecule has 1 aromatic rings. The molecule has 0 aliphatic rings. The lowest BCUT2D eigenvalue weighted by Crippen LogP contribution is -1.99. The number of ketones is 1. The second-order valence-corrected chi connectivity index (χ2v) is 5.35. The van der Waals surface area contributed by atoms with Crippen molar-refractivity contribution in [2.24, 2.45) is 0 Å². The Bertz CT molecular complexity index is 413. The molecule has 2 N–H and O–H groups in total. The lowest BCUT2D eigenvalue weighted by Gasteiger charge is -2.04. The number of carbonyl (C=O) groups excluding carboxylic acids is 1. The molecule has 0 atom stereocenters. The van der Waals surface area contributed by atoms with Crippen molar-refractivity contribution in [3.8, 4) is 11.5 Å². The molecule has 0 unspecified atom stereocenters. The molecular weight excluding hydrogens is 252 g/mol. The van der Waals surface area contributed by atoms with E-state index in [-0.39, 0.29) is 17.3 Å². The normalized spacial score (nSPS) is 10.7. The molecule has 0 aromatic heterocycles. The van der Waals surface area contributed by atoms with Crippen molar-refractivity contribution in [2.45, 2.75) is 64.7 Å². The van der Waals surface area contributed by atoms with Crippen molar-refractivity contribution in [1.29, 1.82) is 0 Å². The quantitative estimate of drug-likeness (QED) is 0.477. The van der Waals surface area contributed by atoms with E-state index in [2.05, 4.69) is 6.92 Å². The van der Waals surface area contributed by atoms with E-state index >= 15 is 0 Å². The number of aromatic hydroxyl groups is 2. The molecule has 0 fully saturated rings. The maximum atomic E-state index is 11.9. The zero-order chi connectivity index (χ0) is 14.8. The highest BCUT2D eigenvalue weighted by molar-refractivity contribution is 5.98. The molecule has 0 aliphatic heterocycles. The second-order valence-electron chi connectivity index (χ2n) is 5.35. The van der Waals surface area contributed by atoms with Gasteiger partial charge in [0.25, 0.3) is 0 Å². The Balaban J connectivity index is 2.17. The average Bonchev–Trinajstić information content (AvgIpc) is 2.41. The van der Waals surface area contributed by atoms with Gasteiger partial charge in [-0.25, -0.2) is 0 Å². The van der Waals surface area contributed by atoms with Gasteiger partial charge in [0, 0.05) is 12.5 Å². The number of carbonyl (C=O) groups is 1. The summed E-state index contributed by atoms with van der Waals surface area (Å²) in [6, 6.07) is 4.12. The second kappa shape index (κ2) is 9.40. The largest absolute Gasteiger partial charge is 0.508 e. The van der Waals surface area contributed by atoms with Gasteiger partial charge in [0.1, 0.15) is 11.5 Å². The van der Waals surface area contributed by atoms with Crippen LogP contribution in [0.4, 0.5) is 0 Å². The molecule has 20 heavy (non-hydrogen) atoms. The lowest BCUT2D eigenvalue weighted by molar-refractivity contribution is 0.0976. The minimum atomic E-state index is -0.130. The van der Waals surface area contributed by atoms with Crippen molar-refractivity contribution in [1.82, 2.24) is 0 Å². The average molecular weight is 278 g/mol. The van der Waals surface area contributed by atoms with Gasteiger partial charge in [0.15, 0.2) is 5.78 Å². The van der Waals surface area contributed by atoms with Gasteiger partial charge < -0.3 is 10.2 Å². The van der Waals surface area contributed by atoms with Gasteiger partial charge in [-0.15, -0.1) is 0 Å². The molecule has 1 rings (SSSR count). The van der Waals surface area contributed by atoms with Gasteiger partial charge in [0.05, 0.1) is 5.56 Å². The van der Waals surface area contributed by atoms with Crippen LogP contribution in [-0.2, 0) is 0 Å². The molecular formula is C17H26O3. The maximum Gasteiger partial charge on any atom is 0.166 e. The fourth-order valence-electron chi connectivity index (χ4n) is 2.31. The van der Waals surface area contributed by atoms with E-state index < -0.39 is 0 Å². The van der Waals surface area contributed by atoms with E-state index in [0.717, 1.165) is 12.8 Å². The SMILES string of the molecule is CCCCCCCCCCC(=O)c1ccc(O)cc1O. The molecule has 3 heteroatoms. The zero-order valence-corrected chi connectivity index (χ0v) is 12.4. The van der Waals surface area contributed by atoms with Crippen LogP contribution in [0.2, 0.25) is 0 Å². The van der Waals surface area contributed by atoms with E-state index in [9.17, 15) is 15.0 Å². The molecule has 0 spiro atoms. The lowest BCUT2D eigenvalue weighted by atomic mass is 10.0. The Labute approximate surface area is 121 Å². The van der Waals surface area contributed by atoms with E-state index in [0.29, 0.717) is 12.0 Å². The third-order valence-electron chi connectivity index (χ3n) is 3.54. The summed E-state index contributed by atoms with van der Waals surface area (Å²) in [5.41, 5.74) is 0.311.